The number of piperidine rings is 1. The number of amides is 3. The van der Waals surface area contributed by atoms with Crippen molar-refractivity contribution in [2.45, 2.75) is 31.7 Å². The largest absolute Gasteiger partial charge is 0.361 e. The Morgan fingerprint density at radius 2 is 1.91 bits per heavy atom. The first-order valence-corrected chi connectivity index (χ1v) is 16.5. The molecule has 2 aromatic carbocycles. The number of thiophene rings is 1. The van der Waals surface area contributed by atoms with E-state index in [9.17, 15) is 14.4 Å². The molecule has 2 aliphatic rings. The molecule has 3 amide bonds. The van der Waals surface area contributed by atoms with Crippen LogP contribution in [0.15, 0.2) is 65.5 Å². The molecule has 2 aliphatic heterocycles. The summed E-state index contributed by atoms with van der Waals surface area (Å²) in [6, 6.07) is 14.8. The molecule has 2 aromatic heterocycles. The zero-order valence-corrected chi connectivity index (χ0v) is 26.7. The van der Waals surface area contributed by atoms with E-state index >= 15 is 0 Å². The van der Waals surface area contributed by atoms with Crippen molar-refractivity contribution in [2.24, 2.45) is 11.8 Å². The number of para-hydroxylation sites is 1. The summed E-state index contributed by atoms with van der Waals surface area (Å²) in [6.45, 7) is 2.42. The van der Waals surface area contributed by atoms with Gasteiger partial charge in [-0.15, -0.1) is 0 Å². The molecule has 4 aromatic rings. The van der Waals surface area contributed by atoms with Gasteiger partial charge in [0.2, 0.25) is 11.8 Å². The summed E-state index contributed by atoms with van der Waals surface area (Å²) >= 11 is 7.89. The van der Waals surface area contributed by atoms with Crippen molar-refractivity contribution in [2.75, 3.05) is 45.2 Å². The molecule has 4 heterocycles. The van der Waals surface area contributed by atoms with Gasteiger partial charge in [-0.3, -0.25) is 14.4 Å². The fourth-order valence-electron chi connectivity index (χ4n) is 6.67. The number of likely N-dealkylation sites (tertiary alicyclic amines) is 1. The van der Waals surface area contributed by atoms with E-state index in [1.807, 2.05) is 89.4 Å². The molecule has 2 atom stereocenters. The first-order chi connectivity index (χ1) is 21.3. The molecule has 0 saturated carbocycles. The van der Waals surface area contributed by atoms with E-state index < -0.39 is 6.04 Å². The fraction of sp³-hybridized carbons (Fsp3) is 0.382. The smallest absolute Gasteiger partial charge is 0.254 e. The van der Waals surface area contributed by atoms with Crippen LogP contribution in [0.5, 0.6) is 0 Å². The summed E-state index contributed by atoms with van der Waals surface area (Å²) < 4.78 is 0. The van der Waals surface area contributed by atoms with Crippen LogP contribution in [0, 0.1) is 11.8 Å². The zero-order valence-electron chi connectivity index (χ0n) is 25.1. The number of anilines is 1. The van der Waals surface area contributed by atoms with Crippen LogP contribution in [0.25, 0.3) is 10.9 Å². The summed E-state index contributed by atoms with van der Waals surface area (Å²) in [5, 5.41) is 8.62. The van der Waals surface area contributed by atoms with Gasteiger partial charge in [0.05, 0.1) is 5.56 Å². The maximum absolute atomic E-state index is 14.5. The highest BCUT2D eigenvalue weighted by Gasteiger charge is 2.36. The highest BCUT2D eigenvalue weighted by molar-refractivity contribution is 7.08. The minimum Gasteiger partial charge on any atom is -0.361 e. The third kappa shape index (κ3) is 6.55. The van der Waals surface area contributed by atoms with Crippen molar-refractivity contribution in [1.82, 2.24) is 20.1 Å². The number of nitrogens with zero attached hydrogens (tertiary/aromatic N) is 3. The van der Waals surface area contributed by atoms with Gasteiger partial charge in [0, 0.05) is 71.7 Å². The Labute approximate surface area is 267 Å². The second-order valence-corrected chi connectivity index (χ2v) is 13.5. The molecule has 44 heavy (non-hydrogen) atoms. The fourth-order valence-corrected chi connectivity index (χ4v) is 7.50. The Balaban J connectivity index is 1.24. The van der Waals surface area contributed by atoms with Crippen molar-refractivity contribution < 1.29 is 14.4 Å². The lowest BCUT2D eigenvalue weighted by atomic mass is 9.90. The van der Waals surface area contributed by atoms with Gasteiger partial charge in [-0.2, -0.15) is 11.3 Å². The number of rotatable bonds is 8. The van der Waals surface area contributed by atoms with Gasteiger partial charge in [-0.1, -0.05) is 29.8 Å². The lowest BCUT2D eigenvalue weighted by molar-refractivity contribution is -0.131. The van der Waals surface area contributed by atoms with E-state index in [0.29, 0.717) is 49.5 Å². The van der Waals surface area contributed by atoms with Crippen molar-refractivity contribution in [3.63, 3.8) is 0 Å². The number of aromatic nitrogens is 1. The number of hydrogen-bond acceptors (Lipinski definition) is 5. The zero-order chi connectivity index (χ0) is 30.8. The van der Waals surface area contributed by atoms with Crippen LogP contribution in [0.2, 0.25) is 5.02 Å². The lowest BCUT2D eigenvalue weighted by Crippen LogP contribution is -2.54. The number of aromatic amines is 1. The van der Waals surface area contributed by atoms with E-state index in [2.05, 4.69) is 15.2 Å². The quantitative estimate of drug-likeness (QED) is 0.279. The third-order valence-electron chi connectivity index (χ3n) is 8.81. The average Bonchev–Trinajstić information content (AvgIpc) is 3.70. The number of benzene rings is 2. The minimum absolute atomic E-state index is 0.00800. The highest BCUT2D eigenvalue weighted by Crippen LogP contribution is 2.33. The number of H-pyrrole nitrogens is 1. The van der Waals surface area contributed by atoms with Gasteiger partial charge < -0.3 is 25.0 Å². The summed E-state index contributed by atoms with van der Waals surface area (Å²) in [5.74, 6) is -0.290. The monoisotopic (exact) mass is 631 g/mol. The number of halogens is 1. The summed E-state index contributed by atoms with van der Waals surface area (Å²) in [4.78, 5) is 50.3. The molecule has 1 fully saturated rings. The average molecular weight is 632 g/mol. The molecule has 8 nitrogen and oxygen atoms in total. The van der Waals surface area contributed by atoms with Crippen LogP contribution < -0.4 is 10.2 Å². The molecule has 0 radical (unpaired) electrons. The van der Waals surface area contributed by atoms with Crippen LogP contribution >= 0.6 is 22.9 Å². The third-order valence-corrected chi connectivity index (χ3v) is 9.72. The Morgan fingerprint density at radius 3 is 2.66 bits per heavy atom. The number of carbonyl (C=O) groups is 3. The predicted octanol–water partition coefficient (Wildman–Crippen LogP) is 5.23. The van der Waals surface area contributed by atoms with Crippen LogP contribution in [-0.2, 0) is 22.4 Å². The summed E-state index contributed by atoms with van der Waals surface area (Å²) in [7, 11) is 4.08. The number of nitrogens with one attached hydrogen (secondary N) is 2. The maximum atomic E-state index is 14.5. The molecule has 230 valence electrons. The van der Waals surface area contributed by atoms with Gasteiger partial charge in [0.15, 0.2) is 0 Å². The van der Waals surface area contributed by atoms with Gasteiger partial charge in [0.25, 0.3) is 5.91 Å². The van der Waals surface area contributed by atoms with Gasteiger partial charge >= 0.3 is 0 Å². The maximum Gasteiger partial charge on any atom is 0.254 e. The molecule has 0 bridgehead atoms. The van der Waals surface area contributed by atoms with Crippen LogP contribution in [0.3, 0.4) is 0 Å². The first kappa shape index (κ1) is 30.4. The van der Waals surface area contributed by atoms with Crippen LogP contribution in [0.1, 0.15) is 34.3 Å². The Morgan fingerprint density at radius 1 is 1.11 bits per heavy atom. The second kappa shape index (κ2) is 13.1. The van der Waals surface area contributed by atoms with Crippen molar-refractivity contribution >= 4 is 57.2 Å². The summed E-state index contributed by atoms with van der Waals surface area (Å²) in [5.41, 5.74) is 4.56. The van der Waals surface area contributed by atoms with Crippen molar-refractivity contribution in [3.05, 3.63) is 87.2 Å². The lowest BCUT2D eigenvalue weighted by Gasteiger charge is -2.38. The predicted molar refractivity (Wildman–Crippen MR) is 176 cm³/mol. The molecule has 10 heteroatoms. The van der Waals surface area contributed by atoms with E-state index in [0.717, 1.165) is 40.7 Å². The number of fused-ring (bicyclic) bond motifs is 2. The van der Waals surface area contributed by atoms with Crippen molar-refractivity contribution in [1.29, 1.82) is 0 Å². The SMILES string of the molecule is CN(C)CC1Cc2cc(Cl)ccc2N(C(=O)[C@@H](Cc2c[nH]c3ccccc23)NC(=O)C2CCN(C(=O)c3ccsc3)CC2)C1. The molecule has 0 aliphatic carbocycles. The molecular formula is C34H38ClN5O3S. The van der Waals surface area contributed by atoms with Crippen LogP contribution in [-0.4, -0.2) is 78.8 Å². The van der Waals surface area contributed by atoms with Crippen LogP contribution in [0.4, 0.5) is 5.69 Å². The first-order valence-electron chi connectivity index (χ1n) is 15.2. The summed E-state index contributed by atoms with van der Waals surface area (Å²) in [6.07, 6.45) is 4.25. The molecule has 0 spiro atoms. The molecule has 1 saturated heterocycles. The van der Waals surface area contributed by atoms with E-state index in [1.54, 1.807) is 0 Å². The molecule has 2 N–H and O–H groups in total. The molecule has 6 rings (SSSR count). The second-order valence-electron chi connectivity index (χ2n) is 12.3. The Kier molecular flexibility index (Phi) is 9.07. The van der Waals surface area contributed by atoms with Gasteiger partial charge in [0.1, 0.15) is 6.04 Å². The van der Waals surface area contributed by atoms with E-state index in [-0.39, 0.29) is 29.6 Å². The Hall–Kier alpha value is -3.66. The van der Waals surface area contributed by atoms with Gasteiger partial charge in [-0.25, -0.2) is 0 Å². The number of hydrogen-bond donors (Lipinski definition) is 2. The topological polar surface area (TPSA) is 88.8 Å². The number of carbonyl (C=O) groups excluding carboxylic acids is 3. The van der Waals surface area contributed by atoms with Crippen molar-refractivity contribution in [3.8, 4) is 0 Å². The molecular weight excluding hydrogens is 594 g/mol. The standard InChI is InChI=1S/C34H38ClN5O3S/c1-38(2)19-22-15-25-16-27(35)7-8-31(25)40(20-22)34(43)30(17-26-18-36-29-6-4-3-5-28(26)29)37-32(41)23-9-12-39(13-10-23)33(42)24-11-14-44-21-24/h3-8,11,14,16,18,21-23,30,36H,9-10,12-13,15,17,19-20H2,1-2H3,(H,37,41)/t22?,30-/m1/s1. The minimum atomic E-state index is -0.756. The van der Waals surface area contributed by atoms with E-state index in [4.69, 9.17) is 11.6 Å². The molecule has 1 unspecified atom stereocenters. The Bertz CT molecular complexity index is 1640. The highest BCUT2D eigenvalue weighted by atomic mass is 35.5. The normalized spacial score (nSPS) is 18.0. The van der Waals surface area contributed by atoms with E-state index in [1.165, 1.54) is 11.3 Å². The van der Waals surface area contributed by atoms with Gasteiger partial charge in [-0.05, 0) is 86.1 Å².